The van der Waals surface area contributed by atoms with Gasteiger partial charge in [-0.3, -0.25) is 5.32 Å². The van der Waals surface area contributed by atoms with E-state index < -0.39 is 18.8 Å². The molecule has 5 nitrogen and oxygen atoms in total. The Kier molecular flexibility index (Phi) is 3.56. The molecule has 1 aromatic rings. The van der Waals surface area contributed by atoms with Gasteiger partial charge in [0.15, 0.2) is 0 Å². The van der Waals surface area contributed by atoms with Crippen LogP contribution in [0.1, 0.15) is 31.9 Å². The molecule has 0 unspecified atom stereocenters. The highest BCUT2D eigenvalue weighted by Crippen LogP contribution is 2.20. The van der Waals surface area contributed by atoms with E-state index in [0.717, 1.165) is 16.6 Å². The summed E-state index contributed by atoms with van der Waals surface area (Å²) in [4.78, 5) is 11.7. The molecule has 0 radical (unpaired) electrons. The Morgan fingerprint density at radius 3 is 2.79 bits per heavy atom. The average molecular weight is 263 g/mol. The van der Waals surface area contributed by atoms with Crippen molar-refractivity contribution in [2.75, 3.05) is 5.32 Å². The Bertz CT molecular complexity index is 510. The number of fused-ring (bicyclic) bond motifs is 1. The van der Waals surface area contributed by atoms with Gasteiger partial charge >= 0.3 is 13.2 Å². The molecule has 0 aliphatic carbocycles. The first-order valence-corrected chi connectivity index (χ1v) is 6.20. The minimum atomic E-state index is -0.921. The largest absolute Gasteiger partial charge is 0.492 e. The number of hydrogen-bond acceptors (Lipinski definition) is 4. The number of rotatable bonds is 1. The van der Waals surface area contributed by atoms with E-state index in [0.29, 0.717) is 12.3 Å². The van der Waals surface area contributed by atoms with E-state index in [4.69, 9.17) is 9.39 Å². The van der Waals surface area contributed by atoms with Gasteiger partial charge in [-0.15, -0.1) is 0 Å². The van der Waals surface area contributed by atoms with Crippen LogP contribution in [0.3, 0.4) is 0 Å². The first-order valence-electron chi connectivity index (χ1n) is 6.20. The summed E-state index contributed by atoms with van der Waals surface area (Å²) < 4.78 is 10.4. The van der Waals surface area contributed by atoms with Crippen LogP contribution in [0.25, 0.3) is 0 Å². The summed E-state index contributed by atoms with van der Waals surface area (Å²) in [7, 11) is -0.921. The van der Waals surface area contributed by atoms with Crippen molar-refractivity contribution in [1.29, 1.82) is 0 Å². The highest BCUT2D eigenvalue weighted by Gasteiger charge is 2.30. The molecule has 0 saturated carbocycles. The quantitative estimate of drug-likeness (QED) is 0.754. The van der Waals surface area contributed by atoms with Gasteiger partial charge in [-0.2, -0.15) is 0 Å². The predicted molar refractivity (Wildman–Crippen MR) is 73.4 cm³/mol. The predicted octanol–water partition coefficient (Wildman–Crippen LogP) is 1.56. The molecule has 6 heteroatoms. The van der Waals surface area contributed by atoms with Crippen molar-refractivity contribution in [3.63, 3.8) is 0 Å². The molecule has 0 fully saturated rings. The lowest BCUT2D eigenvalue weighted by Crippen LogP contribution is -2.32. The van der Waals surface area contributed by atoms with Crippen molar-refractivity contribution < 1.29 is 19.2 Å². The topological polar surface area (TPSA) is 67.8 Å². The minimum Gasteiger partial charge on any atom is -0.444 e. The molecular formula is C13H18BNO4. The maximum atomic E-state index is 11.7. The lowest BCUT2D eigenvalue weighted by Gasteiger charge is -2.20. The highest BCUT2D eigenvalue weighted by molar-refractivity contribution is 6.62. The Balaban J connectivity index is 2.19. The third-order valence-corrected chi connectivity index (χ3v) is 2.88. The molecule has 1 amide bonds. The Hall–Kier alpha value is -1.53. The maximum Gasteiger partial charge on any atom is 0.492 e. The van der Waals surface area contributed by atoms with Crippen molar-refractivity contribution in [2.24, 2.45) is 0 Å². The first-order chi connectivity index (χ1) is 8.78. The standard InChI is InChI=1S/C13H18BNO4/c1-8-10(15-12(16)19-13(2,3)4)6-5-9-7-18-14(17)11(8)9/h5-6,17H,7H2,1-4H3,(H,15,16). The van der Waals surface area contributed by atoms with E-state index in [2.05, 4.69) is 5.32 Å². The fourth-order valence-electron chi connectivity index (χ4n) is 2.06. The van der Waals surface area contributed by atoms with E-state index in [-0.39, 0.29) is 0 Å². The maximum absolute atomic E-state index is 11.7. The average Bonchev–Trinajstić information content (AvgIpc) is 2.62. The van der Waals surface area contributed by atoms with Gasteiger partial charge in [0.1, 0.15) is 5.60 Å². The van der Waals surface area contributed by atoms with Crippen LogP contribution in [0.4, 0.5) is 10.5 Å². The SMILES string of the molecule is Cc1c(NC(=O)OC(C)(C)C)ccc2c1B(O)OC2. The van der Waals surface area contributed by atoms with E-state index in [1.807, 2.05) is 13.0 Å². The second-order valence-corrected chi connectivity index (χ2v) is 5.60. The third kappa shape index (κ3) is 3.08. The molecule has 1 aliphatic heterocycles. The van der Waals surface area contributed by atoms with Gasteiger partial charge in [0, 0.05) is 5.69 Å². The van der Waals surface area contributed by atoms with Crippen LogP contribution in [-0.4, -0.2) is 23.8 Å². The first kappa shape index (κ1) is 13.9. The molecule has 1 aliphatic rings. The van der Waals surface area contributed by atoms with Crippen molar-refractivity contribution in [2.45, 2.75) is 39.9 Å². The molecule has 0 spiro atoms. The van der Waals surface area contributed by atoms with Crippen molar-refractivity contribution in [3.05, 3.63) is 23.3 Å². The van der Waals surface area contributed by atoms with Crippen LogP contribution < -0.4 is 10.8 Å². The number of ether oxygens (including phenoxy) is 1. The lowest BCUT2D eigenvalue weighted by atomic mass is 9.76. The molecule has 1 aromatic carbocycles. The van der Waals surface area contributed by atoms with Crippen LogP contribution >= 0.6 is 0 Å². The van der Waals surface area contributed by atoms with Crippen LogP contribution in [0.5, 0.6) is 0 Å². The Morgan fingerprint density at radius 2 is 2.16 bits per heavy atom. The molecule has 0 saturated heterocycles. The number of nitrogens with one attached hydrogen (secondary N) is 1. The summed E-state index contributed by atoms with van der Waals surface area (Å²) in [5, 5.41) is 12.4. The summed E-state index contributed by atoms with van der Waals surface area (Å²) in [5.41, 5.74) is 2.55. The lowest BCUT2D eigenvalue weighted by molar-refractivity contribution is 0.0636. The number of amides is 1. The number of carbonyl (C=O) groups excluding carboxylic acids is 1. The molecule has 19 heavy (non-hydrogen) atoms. The summed E-state index contributed by atoms with van der Waals surface area (Å²) >= 11 is 0. The molecule has 0 aromatic heterocycles. The Labute approximate surface area is 113 Å². The van der Waals surface area contributed by atoms with E-state index >= 15 is 0 Å². The zero-order valence-corrected chi connectivity index (χ0v) is 11.6. The normalized spacial score (nSPS) is 14.3. The van der Waals surface area contributed by atoms with Gasteiger partial charge < -0.3 is 14.4 Å². The number of carbonyl (C=O) groups is 1. The fraction of sp³-hybridized carbons (Fsp3) is 0.462. The zero-order valence-electron chi connectivity index (χ0n) is 11.6. The molecule has 0 bridgehead atoms. The number of anilines is 1. The monoisotopic (exact) mass is 263 g/mol. The molecule has 102 valence electrons. The van der Waals surface area contributed by atoms with Gasteiger partial charge in [-0.05, 0) is 50.4 Å². The third-order valence-electron chi connectivity index (χ3n) is 2.88. The fourth-order valence-corrected chi connectivity index (χ4v) is 2.06. The van der Waals surface area contributed by atoms with E-state index in [1.165, 1.54) is 0 Å². The summed E-state index contributed by atoms with van der Waals surface area (Å²) in [5.74, 6) is 0. The Morgan fingerprint density at radius 1 is 1.47 bits per heavy atom. The molecule has 0 atom stereocenters. The van der Waals surface area contributed by atoms with Crippen molar-refractivity contribution in [3.8, 4) is 0 Å². The van der Waals surface area contributed by atoms with Crippen molar-refractivity contribution >= 4 is 24.4 Å². The van der Waals surface area contributed by atoms with Gasteiger partial charge in [0.05, 0.1) is 6.61 Å². The molecule has 2 rings (SSSR count). The minimum absolute atomic E-state index is 0.393. The molecule has 2 N–H and O–H groups in total. The second kappa shape index (κ2) is 4.87. The van der Waals surface area contributed by atoms with Crippen LogP contribution in [0.2, 0.25) is 0 Å². The zero-order chi connectivity index (χ0) is 14.2. The number of hydrogen-bond donors (Lipinski definition) is 2. The van der Waals surface area contributed by atoms with Crippen molar-refractivity contribution in [1.82, 2.24) is 0 Å². The van der Waals surface area contributed by atoms with Gasteiger partial charge in [0.2, 0.25) is 0 Å². The van der Waals surface area contributed by atoms with Crippen LogP contribution in [0.15, 0.2) is 12.1 Å². The van der Waals surface area contributed by atoms with Crippen LogP contribution in [0, 0.1) is 6.92 Å². The van der Waals surface area contributed by atoms with E-state index in [1.54, 1.807) is 26.8 Å². The summed E-state index contributed by atoms with van der Waals surface area (Å²) in [6.07, 6.45) is -0.510. The highest BCUT2D eigenvalue weighted by atomic mass is 16.6. The summed E-state index contributed by atoms with van der Waals surface area (Å²) in [6, 6.07) is 3.63. The van der Waals surface area contributed by atoms with Gasteiger partial charge in [-0.25, -0.2) is 4.79 Å². The molecular weight excluding hydrogens is 245 g/mol. The summed E-state index contributed by atoms with van der Waals surface area (Å²) in [6.45, 7) is 7.65. The van der Waals surface area contributed by atoms with Gasteiger partial charge in [-0.1, -0.05) is 6.07 Å². The second-order valence-electron chi connectivity index (χ2n) is 5.60. The van der Waals surface area contributed by atoms with E-state index in [9.17, 15) is 9.82 Å². The molecule has 1 heterocycles. The van der Waals surface area contributed by atoms with Crippen LogP contribution in [-0.2, 0) is 16.0 Å². The smallest absolute Gasteiger partial charge is 0.444 e. The number of benzene rings is 1. The van der Waals surface area contributed by atoms with Gasteiger partial charge in [0.25, 0.3) is 0 Å².